The van der Waals surface area contributed by atoms with Crippen molar-refractivity contribution >= 4 is 5.78 Å². The van der Waals surface area contributed by atoms with Crippen molar-refractivity contribution in [2.45, 2.75) is 25.7 Å². The zero-order chi connectivity index (χ0) is 11.5. The summed E-state index contributed by atoms with van der Waals surface area (Å²) in [6.07, 6.45) is 1.86. The van der Waals surface area contributed by atoms with Crippen LogP contribution in [0.15, 0.2) is 18.2 Å². The summed E-state index contributed by atoms with van der Waals surface area (Å²) in [5, 5.41) is 0. The van der Waals surface area contributed by atoms with E-state index in [0.717, 1.165) is 31.6 Å². The lowest BCUT2D eigenvalue weighted by Crippen LogP contribution is -2.14. The van der Waals surface area contributed by atoms with Crippen molar-refractivity contribution in [2.24, 2.45) is 0 Å². The largest absolute Gasteiger partial charge is 0.381 e. The van der Waals surface area contributed by atoms with E-state index in [9.17, 15) is 9.18 Å². The minimum atomic E-state index is -0.406. The Hall–Kier alpha value is -1.22. The Kier molecular flexibility index (Phi) is 3.34. The molecule has 0 aromatic heterocycles. The number of ketones is 1. The number of rotatable bonds is 2. The van der Waals surface area contributed by atoms with Crippen LogP contribution in [0.4, 0.5) is 4.39 Å². The highest BCUT2D eigenvalue weighted by molar-refractivity contribution is 5.94. The summed E-state index contributed by atoms with van der Waals surface area (Å²) in [4.78, 5) is 11.1. The van der Waals surface area contributed by atoms with Gasteiger partial charge in [0.15, 0.2) is 5.78 Å². The molecule has 0 unspecified atom stereocenters. The molecule has 0 amide bonds. The summed E-state index contributed by atoms with van der Waals surface area (Å²) < 4.78 is 18.9. The SMILES string of the molecule is CC(=O)c1ccc(C2CCOCC2)cc1F. The van der Waals surface area contributed by atoms with Gasteiger partial charge < -0.3 is 4.74 Å². The summed E-state index contributed by atoms with van der Waals surface area (Å²) in [7, 11) is 0. The van der Waals surface area contributed by atoms with Gasteiger partial charge in [-0.25, -0.2) is 4.39 Å². The molecule has 1 aliphatic heterocycles. The van der Waals surface area contributed by atoms with Crippen molar-refractivity contribution in [3.8, 4) is 0 Å². The predicted molar refractivity (Wildman–Crippen MR) is 59.2 cm³/mol. The molecule has 0 radical (unpaired) electrons. The Labute approximate surface area is 94.4 Å². The average Bonchev–Trinajstić information content (AvgIpc) is 2.29. The molecule has 86 valence electrons. The number of carbonyl (C=O) groups excluding carboxylic acids is 1. The molecule has 1 fully saturated rings. The minimum Gasteiger partial charge on any atom is -0.381 e. The topological polar surface area (TPSA) is 26.3 Å². The van der Waals surface area contributed by atoms with Crippen LogP contribution in [0.1, 0.15) is 41.6 Å². The Bertz CT molecular complexity index is 395. The van der Waals surface area contributed by atoms with E-state index in [1.165, 1.54) is 13.0 Å². The first-order valence-corrected chi connectivity index (χ1v) is 5.56. The van der Waals surface area contributed by atoms with E-state index >= 15 is 0 Å². The highest BCUT2D eigenvalue weighted by atomic mass is 19.1. The minimum absolute atomic E-state index is 0.177. The number of halogens is 1. The number of ether oxygens (including phenoxy) is 1. The van der Waals surface area contributed by atoms with Gasteiger partial charge in [-0.15, -0.1) is 0 Å². The first kappa shape index (κ1) is 11.3. The van der Waals surface area contributed by atoms with Gasteiger partial charge in [0.1, 0.15) is 5.82 Å². The Morgan fingerprint density at radius 1 is 1.38 bits per heavy atom. The van der Waals surface area contributed by atoms with E-state index < -0.39 is 5.82 Å². The van der Waals surface area contributed by atoms with Crippen molar-refractivity contribution in [2.75, 3.05) is 13.2 Å². The molecule has 16 heavy (non-hydrogen) atoms. The van der Waals surface area contributed by atoms with Gasteiger partial charge in [0, 0.05) is 13.2 Å². The molecule has 0 saturated carbocycles. The second-order valence-electron chi connectivity index (χ2n) is 4.18. The van der Waals surface area contributed by atoms with Gasteiger partial charge in [0.05, 0.1) is 5.56 Å². The molecule has 0 aliphatic carbocycles. The number of Topliss-reactive ketones (excluding diaryl/α,β-unsaturated/α-hetero) is 1. The molecule has 3 heteroatoms. The lowest BCUT2D eigenvalue weighted by atomic mass is 9.91. The summed E-state index contributed by atoms with van der Waals surface area (Å²) >= 11 is 0. The van der Waals surface area contributed by atoms with Crippen LogP contribution in [0.3, 0.4) is 0 Å². The number of benzene rings is 1. The Morgan fingerprint density at radius 3 is 2.62 bits per heavy atom. The molecule has 0 N–H and O–H groups in total. The van der Waals surface area contributed by atoms with Gasteiger partial charge in [-0.2, -0.15) is 0 Å². The number of hydrogen-bond donors (Lipinski definition) is 0. The molecule has 0 spiro atoms. The van der Waals surface area contributed by atoms with Crippen LogP contribution in [-0.2, 0) is 4.74 Å². The van der Waals surface area contributed by atoms with Gasteiger partial charge in [-0.3, -0.25) is 4.79 Å². The van der Waals surface area contributed by atoms with E-state index in [0.29, 0.717) is 5.92 Å². The Balaban J connectivity index is 2.23. The Morgan fingerprint density at radius 2 is 2.06 bits per heavy atom. The maximum Gasteiger partial charge on any atom is 0.162 e. The molecule has 1 aromatic carbocycles. The lowest BCUT2D eigenvalue weighted by molar-refractivity contribution is 0.0852. The van der Waals surface area contributed by atoms with Crippen molar-refractivity contribution in [1.29, 1.82) is 0 Å². The fraction of sp³-hybridized carbons (Fsp3) is 0.462. The van der Waals surface area contributed by atoms with Crippen molar-refractivity contribution in [3.05, 3.63) is 35.1 Å². The van der Waals surface area contributed by atoms with Gasteiger partial charge in [-0.05, 0) is 43.4 Å². The molecule has 1 saturated heterocycles. The van der Waals surface area contributed by atoms with Crippen LogP contribution in [0.5, 0.6) is 0 Å². The molecule has 0 bridgehead atoms. The fourth-order valence-corrected chi connectivity index (χ4v) is 2.10. The molecular weight excluding hydrogens is 207 g/mol. The smallest absolute Gasteiger partial charge is 0.162 e. The summed E-state index contributed by atoms with van der Waals surface area (Å²) in [6.45, 7) is 2.86. The zero-order valence-corrected chi connectivity index (χ0v) is 9.33. The summed E-state index contributed by atoms with van der Waals surface area (Å²) in [5.74, 6) is -0.267. The second kappa shape index (κ2) is 4.74. The maximum atomic E-state index is 13.6. The predicted octanol–water partition coefficient (Wildman–Crippen LogP) is 2.92. The van der Waals surface area contributed by atoms with E-state index in [-0.39, 0.29) is 11.3 Å². The molecule has 2 nitrogen and oxygen atoms in total. The normalized spacial score (nSPS) is 17.4. The van der Waals surface area contributed by atoms with Gasteiger partial charge in [-0.1, -0.05) is 6.07 Å². The summed E-state index contributed by atoms with van der Waals surface area (Å²) in [5.41, 5.74) is 1.15. The third-order valence-corrected chi connectivity index (χ3v) is 3.07. The van der Waals surface area contributed by atoms with E-state index in [4.69, 9.17) is 4.74 Å². The zero-order valence-electron chi connectivity index (χ0n) is 9.33. The maximum absolute atomic E-state index is 13.6. The monoisotopic (exact) mass is 222 g/mol. The van der Waals surface area contributed by atoms with Gasteiger partial charge >= 0.3 is 0 Å². The number of hydrogen-bond acceptors (Lipinski definition) is 2. The van der Waals surface area contributed by atoms with Crippen molar-refractivity contribution in [1.82, 2.24) is 0 Å². The molecule has 1 heterocycles. The van der Waals surface area contributed by atoms with Crippen molar-refractivity contribution < 1.29 is 13.9 Å². The van der Waals surface area contributed by atoms with E-state index in [2.05, 4.69) is 0 Å². The highest BCUT2D eigenvalue weighted by Crippen LogP contribution is 2.28. The third kappa shape index (κ3) is 2.30. The van der Waals surface area contributed by atoms with Crippen LogP contribution in [0.25, 0.3) is 0 Å². The van der Waals surface area contributed by atoms with Crippen LogP contribution in [0.2, 0.25) is 0 Å². The number of carbonyl (C=O) groups is 1. The summed E-state index contributed by atoms with van der Waals surface area (Å²) in [6, 6.07) is 4.94. The lowest BCUT2D eigenvalue weighted by Gasteiger charge is -2.22. The van der Waals surface area contributed by atoms with E-state index in [1.807, 2.05) is 6.07 Å². The van der Waals surface area contributed by atoms with Crippen LogP contribution in [-0.4, -0.2) is 19.0 Å². The molecule has 1 aliphatic rings. The third-order valence-electron chi connectivity index (χ3n) is 3.07. The van der Waals surface area contributed by atoms with Gasteiger partial charge in [0.2, 0.25) is 0 Å². The molecule has 1 aromatic rings. The van der Waals surface area contributed by atoms with E-state index in [1.54, 1.807) is 6.07 Å². The van der Waals surface area contributed by atoms with Crippen LogP contribution < -0.4 is 0 Å². The highest BCUT2D eigenvalue weighted by Gasteiger charge is 2.17. The van der Waals surface area contributed by atoms with Crippen LogP contribution >= 0.6 is 0 Å². The fourth-order valence-electron chi connectivity index (χ4n) is 2.10. The first-order valence-electron chi connectivity index (χ1n) is 5.56. The van der Waals surface area contributed by atoms with Crippen molar-refractivity contribution in [3.63, 3.8) is 0 Å². The molecule has 2 rings (SSSR count). The van der Waals surface area contributed by atoms with Crippen LogP contribution in [0, 0.1) is 5.82 Å². The second-order valence-corrected chi connectivity index (χ2v) is 4.18. The van der Waals surface area contributed by atoms with Gasteiger partial charge in [0.25, 0.3) is 0 Å². The average molecular weight is 222 g/mol. The molecular formula is C13H15FO2. The standard InChI is InChI=1S/C13H15FO2/c1-9(15)12-3-2-11(8-13(12)14)10-4-6-16-7-5-10/h2-3,8,10H,4-7H2,1H3. The quantitative estimate of drug-likeness (QED) is 0.719. The first-order chi connectivity index (χ1) is 7.68. The molecule has 0 atom stereocenters.